The zero-order valence-corrected chi connectivity index (χ0v) is 43.1. The summed E-state index contributed by atoms with van der Waals surface area (Å²) in [5, 5.41) is 21.8. The largest absolute Gasteiger partial charge is 0.490 e. The molecule has 39 nitrogen and oxygen atoms in total. The van der Waals surface area contributed by atoms with E-state index >= 15 is 0 Å². The summed E-state index contributed by atoms with van der Waals surface area (Å²) in [5.41, 5.74) is 14.3. The maximum atomic E-state index is 13.7. The van der Waals surface area contributed by atoms with Crippen LogP contribution < -0.4 is 32.9 Å². The van der Waals surface area contributed by atoms with E-state index in [0.717, 1.165) is 30.7 Å². The summed E-state index contributed by atoms with van der Waals surface area (Å²) in [6.45, 7) is -3.48. The molecule has 16 atom stereocenters. The molecule has 420 valence electrons. The molecule has 7 unspecified atom stereocenters. The van der Waals surface area contributed by atoms with Gasteiger partial charge >= 0.3 is 36.9 Å². The highest BCUT2D eigenvalue weighted by molar-refractivity contribution is 7.66. The Kier molecular flexibility index (Phi) is 14.5. The van der Waals surface area contributed by atoms with Gasteiger partial charge in [0.25, 0.3) is 17.1 Å². The number of rotatable bonds is 20. The molecule has 10 rings (SSSR count). The second-order valence-corrected chi connectivity index (χ2v) is 23.4. The van der Waals surface area contributed by atoms with Crippen LogP contribution in [0.15, 0.2) is 34.9 Å². The lowest BCUT2D eigenvalue weighted by atomic mass is 10.0. The maximum Gasteiger partial charge on any atom is 0.490 e. The van der Waals surface area contributed by atoms with Crippen LogP contribution in [0.25, 0.3) is 33.5 Å². The number of ether oxygens (including phenoxy) is 6. The molecule has 0 amide bonds. The molecule has 0 spiro atoms. The summed E-state index contributed by atoms with van der Waals surface area (Å²) in [5.74, 6) is -0.606. The number of aliphatic hydroxyl groups excluding tert-OH is 2. The molecule has 4 aliphatic rings. The predicted octanol–water partition coefficient (Wildman–Crippen LogP) is -3.65. The second-order valence-electron chi connectivity index (χ2n) is 17.4. The Labute approximate surface area is 427 Å². The lowest BCUT2D eigenvalue weighted by molar-refractivity contribution is -0.752. The third-order valence-electron chi connectivity index (χ3n) is 12.5. The molecule has 43 heteroatoms. The lowest BCUT2D eigenvalue weighted by Gasteiger charge is -2.30. The average Bonchev–Trinajstić information content (AvgIpc) is 4.36. The van der Waals surface area contributed by atoms with E-state index in [1.54, 1.807) is 7.05 Å². The number of phosphoric acid groups is 4. The average molecular weight is 1170 g/mol. The number of fused-ring (bicyclic) bond motifs is 5. The van der Waals surface area contributed by atoms with E-state index in [1.165, 1.54) is 27.1 Å². The van der Waals surface area contributed by atoms with Crippen molar-refractivity contribution in [1.29, 1.82) is 0 Å². The molecular weight excluding hydrogens is 1130 g/mol. The van der Waals surface area contributed by atoms with Crippen LogP contribution >= 0.6 is 31.3 Å². The van der Waals surface area contributed by atoms with Crippen LogP contribution in [0.5, 0.6) is 0 Å². The van der Waals surface area contributed by atoms with Gasteiger partial charge in [0.1, 0.15) is 66.3 Å². The lowest BCUT2D eigenvalue weighted by Crippen LogP contribution is -2.50. The van der Waals surface area contributed by atoms with Crippen molar-refractivity contribution in [1.82, 2.24) is 53.6 Å². The summed E-state index contributed by atoms with van der Waals surface area (Å²) in [6, 6.07) is 0. The zero-order valence-electron chi connectivity index (χ0n) is 39.5. The Morgan fingerprint density at radius 3 is 2.12 bits per heavy atom. The van der Waals surface area contributed by atoms with Crippen molar-refractivity contribution < 1.29 is 108 Å². The number of hydrogen-bond donors (Lipinski definition) is 11. The highest BCUT2D eigenvalue weighted by Gasteiger charge is 2.65. The van der Waals surface area contributed by atoms with Crippen molar-refractivity contribution in [2.75, 3.05) is 57.8 Å². The van der Waals surface area contributed by atoms with Crippen LogP contribution in [-0.2, 0) is 80.4 Å². The van der Waals surface area contributed by atoms with E-state index in [4.69, 9.17) is 63.7 Å². The van der Waals surface area contributed by atoms with E-state index in [2.05, 4.69) is 48.5 Å². The molecule has 4 aliphatic heterocycles. The highest BCUT2D eigenvalue weighted by Crippen LogP contribution is 2.68. The molecule has 0 radical (unpaired) electrons. The summed E-state index contributed by atoms with van der Waals surface area (Å²) in [6.07, 6.45) is -11.7. The van der Waals surface area contributed by atoms with E-state index in [1.807, 2.05) is 0 Å². The Balaban J connectivity index is 0.814. The number of aryl methyl sites for hydroxylation is 1. The standard InChI is InChI=1S/C34H45N15O24P4/c1-46-11-49(26-16(46)28(53)45-33(37)43-26)31-21-22(63-3)34(70-31,6-64-21)7-67-76(58,59)73-77(60,61)72-75(56,57)66-5-13-19(20(62-2)30(69-13)47-9-40-14-23(35)38-8-39-24(14)47)71-74(54,55)65-4-12-17(50)18(51)29(68-12)48-10-41-15-25(48)42-32(36)44-27(15)52/h8-13,17-22,29-31,50-51H,4-7H2,1-3H3,(H11-,35,36,37,38,39,42,43,44,45,52,53,54,55,56,57,58,59,60,61)/p+1/t12-,13-,17?,18+,19?,20+,21?,22-,29-,30-,31-,34-/m1/s1. The molecule has 77 heavy (non-hydrogen) atoms. The fourth-order valence-electron chi connectivity index (χ4n) is 9.28. The quantitative estimate of drug-likeness (QED) is 0.0259. The number of nitrogens with one attached hydrogen (secondary N) is 2. The molecule has 0 aromatic carbocycles. The van der Waals surface area contributed by atoms with Crippen LogP contribution in [0.2, 0.25) is 0 Å². The number of aromatic nitrogens is 12. The highest BCUT2D eigenvalue weighted by atomic mass is 31.3. The first-order valence-electron chi connectivity index (χ1n) is 22.0. The van der Waals surface area contributed by atoms with Gasteiger partial charge < -0.3 is 75.4 Å². The van der Waals surface area contributed by atoms with Gasteiger partial charge in [-0.05, 0) is 0 Å². The predicted molar refractivity (Wildman–Crippen MR) is 246 cm³/mol. The number of H-pyrrole nitrogens is 2. The van der Waals surface area contributed by atoms with E-state index in [0.29, 0.717) is 0 Å². The number of nitrogen functional groups attached to an aromatic ring is 3. The number of methoxy groups -OCH3 is 2. The number of imidazole rings is 3. The molecule has 14 N–H and O–H groups in total. The Morgan fingerprint density at radius 1 is 0.766 bits per heavy atom. The van der Waals surface area contributed by atoms with Crippen molar-refractivity contribution in [2.45, 2.75) is 73.1 Å². The van der Waals surface area contributed by atoms with E-state index in [9.17, 15) is 57.6 Å². The molecule has 4 saturated heterocycles. The molecule has 0 aliphatic carbocycles. The van der Waals surface area contributed by atoms with E-state index in [-0.39, 0.29) is 57.8 Å². The van der Waals surface area contributed by atoms with Gasteiger partial charge in [0.2, 0.25) is 17.7 Å². The van der Waals surface area contributed by atoms with Crippen LogP contribution in [0.4, 0.5) is 17.7 Å². The zero-order chi connectivity index (χ0) is 55.3. The number of hydrogen-bond acceptors (Lipinski definition) is 29. The molecule has 6 aromatic rings. The summed E-state index contributed by atoms with van der Waals surface area (Å²) in [7, 11) is -19.4. The Bertz CT molecular complexity index is 3580. The van der Waals surface area contributed by atoms with Gasteiger partial charge in [-0.3, -0.25) is 51.4 Å². The smallest absolute Gasteiger partial charge is 0.387 e. The monoisotopic (exact) mass is 1170 g/mol. The third kappa shape index (κ3) is 10.4. The number of aliphatic hydroxyl groups is 2. The normalized spacial score (nSPS) is 31.5. The number of phosphoric ester groups is 3. The Hall–Kier alpha value is -5.15. The van der Waals surface area contributed by atoms with Crippen LogP contribution in [-0.4, -0.2) is 178 Å². The molecule has 2 bridgehead atoms. The van der Waals surface area contributed by atoms with Crippen molar-refractivity contribution in [3.8, 4) is 0 Å². The number of nitrogens with two attached hydrogens (primary N) is 3. The second kappa shape index (κ2) is 20.2. The summed E-state index contributed by atoms with van der Waals surface area (Å²) in [4.78, 5) is 96.8. The van der Waals surface area contributed by atoms with E-state index < -0.39 is 135 Å². The molecular formula is C34H46N15O24P4+. The van der Waals surface area contributed by atoms with Crippen LogP contribution in [0.3, 0.4) is 0 Å². The van der Waals surface area contributed by atoms with Crippen molar-refractivity contribution in [3.63, 3.8) is 0 Å². The van der Waals surface area contributed by atoms with Gasteiger partial charge in [-0.15, -0.1) is 0 Å². The minimum Gasteiger partial charge on any atom is -0.387 e. The van der Waals surface area contributed by atoms with Gasteiger partial charge in [0.15, 0.2) is 41.4 Å². The van der Waals surface area contributed by atoms with Crippen molar-refractivity contribution in [2.24, 2.45) is 7.05 Å². The summed E-state index contributed by atoms with van der Waals surface area (Å²) < 4.78 is 123. The van der Waals surface area contributed by atoms with Gasteiger partial charge in [0.05, 0.1) is 46.1 Å². The molecule has 0 saturated carbocycles. The third-order valence-corrected chi connectivity index (χ3v) is 17.7. The van der Waals surface area contributed by atoms with Crippen LogP contribution in [0, 0.1) is 0 Å². The van der Waals surface area contributed by atoms with Gasteiger partial charge in [-0.2, -0.15) is 13.6 Å². The topological polar surface area (TPSA) is 540 Å². The fraction of sp³-hybridized carbons (Fsp3) is 0.559. The van der Waals surface area contributed by atoms with Gasteiger partial charge in [0, 0.05) is 14.2 Å². The summed E-state index contributed by atoms with van der Waals surface area (Å²) >= 11 is 0. The maximum absolute atomic E-state index is 13.7. The molecule has 10 heterocycles. The SMILES string of the molecule is CO[C@@H]1C2OC[C@]1(COP(=O)(O)OP(=O)(O)OP(=O)(O)OC[C@H]1O[C@@H](n3cnc4c(N)ncnc43)[C@@H](OC)C1OP(=O)(O)OC[C@H]1O[C@@H](n3cnc4c(=O)[nH]c(N)nc43)[C@@H](O)C1O)O[C@H]2[n+]1cn(C)c2c(=O)[nH]c(N)nc21. The van der Waals surface area contributed by atoms with Gasteiger partial charge in [-0.25, -0.2) is 42.8 Å². The fourth-order valence-corrected chi connectivity index (χ4v) is 13.8. The van der Waals surface area contributed by atoms with Crippen molar-refractivity contribution >= 4 is 82.5 Å². The number of aromatic amines is 2. The first-order valence-corrected chi connectivity index (χ1v) is 28.0. The first-order chi connectivity index (χ1) is 36.2. The number of nitrogens with zero attached hydrogens (tertiary/aromatic N) is 10. The number of anilines is 3. The van der Waals surface area contributed by atoms with Crippen LogP contribution in [0.1, 0.15) is 18.7 Å². The molecule has 6 aromatic heterocycles. The minimum absolute atomic E-state index is 0.0217. The Morgan fingerprint density at radius 2 is 1.40 bits per heavy atom. The van der Waals surface area contributed by atoms with Gasteiger partial charge in [-0.1, -0.05) is 4.98 Å². The molecule has 4 fully saturated rings. The minimum atomic E-state index is -6.17. The first kappa shape index (κ1) is 55.2. The van der Waals surface area contributed by atoms with Crippen molar-refractivity contribution in [3.05, 3.63) is 46.0 Å².